The van der Waals surface area contributed by atoms with Gasteiger partial charge in [-0.1, -0.05) is 129 Å². The van der Waals surface area contributed by atoms with Gasteiger partial charge in [-0.25, -0.2) is 19.2 Å². The van der Waals surface area contributed by atoms with Gasteiger partial charge in [-0.05, 0) is 123 Å². The lowest BCUT2D eigenvalue weighted by Gasteiger charge is -2.68. The van der Waals surface area contributed by atoms with Crippen LogP contribution in [0.5, 0.6) is 0 Å². The fourth-order valence-electron chi connectivity index (χ4n) is 15.7. The van der Waals surface area contributed by atoms with E-state index in [9.17, 15) is 14.4 Å². The molecule has 20 heteroatoms. The third-order valence-electron chi connectivity index (χ3n) is 20.3. The maximum atomic E-state index is 17.5. The van der Waals surface area contributed by atoms with E-state index < -0.39 is 143 Å². The molecule has 1 N–H and O–H groups in total. The van der Waals surface area contributed by atoms with Gasteiger partial charge in [0.05, 0.1) is 35.6 Å². The number of benzene rings is 1. The zero-order chi connectivity index (χ0) is 62.4. The van der Waals surface area contributed by atoms with Gasteiger partial charge in [0.15, 0.2) is 52.4 Å². The van der Waals surface area contributed by atoms with E-state index in [-0.39, 0.29) is 47.6 Å². The molecule has 12 atom stereocenters. The van der Waals surface area contributed by atoms with E-state index >= 15 is 14.4 Å². The number of hydrogen-bond donors (Lipinski definition) is 1. The summed E-state index contributed by atoms with van der Waals surface area (Å²) in [6.07, 6.45) is -11.0. The number of hydrogen-bond acceptors (Lipinski definition) is 16. The number of Topliss-reactive ketones (excluding diaryl/α,β-unsaturated/α-hetero) is 1. The first-order valence-corrected chi connectivity index (χ1v) is 38.2. The molecule has 17 nitrogen and oxygen atoms in total. The fraction of sp³-hybridized carbons (Fsp3) is 0.778. The van der Waals surface area contributed by atoms with Crippen molar-refractivity contribution in [2.24, 2.45) is 22.7 Å². The minimum absolute atomic E-state index is 0.0252. The van der Waals surface area contributed by atoms with E-state index in [1.54, 1.807) is 58.0 Å². The molecule has 2 heterocycles. The van der Waals surface area contributed by atoms with E-state index in [0.29, 0.717) is 29.3 Å². The Morgan fingerprint density at radius 1 is 0.783 bits per heavy atom. The lowest BCUT2D eigenvalue weighted by atomic mass is 9.44. The van der Waals surface area contributed by atoms with Crippen LogP contribution in [0.4, 0.5) is 9.59 Å². The first-order valence-electron chi connectivity index (χ1n) is 31.0. The van der Waals surface area contributed by atoms with E-state index in [1.165, 1.54) is 6.92 Å². The van der Waals surface area contributed by atoms with Crippen molar-refractivity contribution in [3.8, 4) is 0 Å². The zero-order valence-electron chi connectivity index (χ0n) is 54.3. The molecule has 3 aliphatic carbocycles. The van der Waals surface area contributed by atoms with Gasteiger partial charge < -0.3 is 51.8 Å². The Kier molecular flexibility index (Phi) is 20.9. The molecule has 2 aliphatic heterocycles. The number of alkyl carbamates (subject to hydrolysis) is 1. The van der Waals surface area contributed by atoms with Gasteiger partial charge in [0, 0.05) is 18.8 Å². The summed E-state index contributed by atoms with van der Waals surface area (Å²) in [5, 5.41) is 3.04. The second-order valence-corrected chi connectivity index (χ2v) is 42.3. The van der Waals surface area contributed by atoms with Crippen LogP contribution in [0.2, 0.25) is 52.9 Å². The predicted octanol–water partition coefficient (Wildman–Crippen LogP) is 13.3. The maximum absolute atomic E-state index is 17.5. The molecule has 1 aromatic rings. The van der Waals surface area contributed by atoms with Crippen molar-refractivity contribution >= 4 is 60.9 Å². The standard InChI is InChI=1S/C63H103NO16Si3/c1-23-81(24-2,25-3)78-45-35-46-62(36-71-46,75-42(16)65)51-54(73-55(67)43-32-30-29-31-33-43)63-53(74-58(70)77-63)48(41(15)47(60(63,20)21)50(52(66)61(45,51)22)79-82(26-4,27-5)28-6)72-56(68)49(80-83(38(9)10,39(11)12)40(13)14)44(34-37(7)8)64-57(69)76-59(17,18)19/h29-33,37-40,44-46,48-51,53-54H,23-28,34-36H2,1-22H3,(H,64,69)/t44-,45-,46+,48+,49+,50+,51?,53-,54?,61+,62-,63+/m0/s1. The molecule has 5 aliphatic rings. The molecule has 2 saturated carbocycles. The van der Waals surface area contributed by atoms with Crippen LogP contribution in [0.15, 0.2) is 41.5 Å². The first kappa shape index (κ1) is 68.2. The minimum atomic E-state index is -3.05. The largest absolute Gasteiger partial charge is 0.509 e. The van der Waals surface area contributed by atoms with Crippen molar-refractivity contribution in [3.05, 3.63) is 47.0 Å². The SMILES string of the molecule is CC[Si](CC)(CC)O[C@H]1C(=O)[C@@]2(C)C(C(OC(=O)c3ccccc3)[C@]34OC(=O)O[C@H]3[C@H](OC(=O)[C@H](O[Si](C(C)C)(C(C)C)C(C)C)[C@H](CC(C)C)NC(=O)OC(C)(C)C)C(C)=C1C4(C)C)[C@]1(OC(C)=O)CO[C@@H]1C[C@@H]2O[Si](CC)(CC)CC. The van der Waals surface area contributed by atoms with Crippen LogP contribution in [0, 0.1) is 22.7 Å². The van der Waals surface area contributed by atoms with Crippen molar-refractivity contribution in [3.63, 3.8) is 0 Å². The topological polar surface area (TPSA) is 207 Å². The van der Waals surface area contributed by atoms with Crippen molar-refractivity contribution in [1.29, 1.82) is 0 Å². The van der Waals surface area contributed by atoms with Crippen LogP contribution >= 0.6 is 0 Å². The molecule has 1 spiro atoms. The molecule has 83 heavy (non-hydrogen) atoms. The molecule has 4 fully saturated rings. The van der Waals surface area contributed by atoms with Crippen LogP contribution in [0.3, 0.4) is 0 Å². The fourth-order valence-corrected chi connectivity index (χ4v) is 26.8. The number of carbonyl (C=O) groups excluding carboxylic acids is 6. The normalized spacial score (nSPS) is 29.5. The van der Waals surface area contributed by atoms with E-state index in [1.807, 2.05) is 34.6 Å². The van der Waals surface area contributed by atoms with Crippen LogP contribution in [-0.4, -0.2) is 133 Å². The zero-order valence-corrected chi connectivity index (χ0v) is 57.3. The molecule has 0 aromatic heterocycles. The van der Waals surface area contributed by atoms with Gasteiger partial charge in [-0.15, -0.1) is 0 Å². The number of fused-ring (bicyclic) bond motifs is 4. The van der Waals surface area contributed by atoms with Crippen molar-refractivity contribution in [2.75, 3.05) is 6.61 Å². The summed E-state index contributed by atoms with van der Waals surface area (Å²) in [6, 6.07) is 11.4. The Labute approximate surface area is 499 Å². The minimum Gasteiger partial charge on any atom is -0.454 e. The molecule has 6 rings (SSSR count). The molecule has 2 saturated heterocycles. The van der Waals surface area contributed by atoms with E-state index in [4.69, 9.17) is 46.4 Å². The third kappa shape index (κ3) is 12.1. The van der Waals surface area contributed by atoms with Gasteiger partial charge in [0.2, 0.25) is 13.9 Å². The summed E-state index contributed by atoms with van der Waals surface area (Å²) in [7, 11) is -8.63. The monoisotopic (exact) mass is 1210 g/mol. The van der Waals surface area contributed by atoms with Gasteiger partial charge >= 0.3 is 30.2 Å². The average molecular weight is 1210 g/mol. The van der Waals surface area contributed by atoms with E-state index in [2.05, 4.69) is 88.4 Å². The summed E-state index contributed by atoms with van der Waals surface area (Å²) in [5.74, 6) is -4.22. The number of carbonyl (C=O) groups is 6. The molecule has 2 bridgehead atoms. The Bertz CT molecular complexity index is 2520. The summed E-state index contributed by atoms with van der Waals surface area (Å²) < 4.78 is 69.5. The average Bonchev–Trinajstić information content (AvgIpc) is 1.75. The summed E-state index contributed by atoms with van der Waals surface area (Å²) in [4.78, 5) is 92.0. The highest BCUT2D eigenvalue weighted by Gasteiger charge is 2.83. The molecular weight excluding hydrogens is 1110 g/mol. The lowest BCUT2D eigenvalue weighted by molar-refractivity contribution is -0.344. The van der Waals surface area contributed by atoms with Gasteiger partial charge in [-0.2, -0.15) is 0 Å². The number of ketones is 1. The highest BCUT2D eigenvalue weighted by atomic mass is 28.4. The Hall–Kier alpha value is -3.93. The number of amides is 1. The van der Waals surface area contributed by atoms with Crippen LogP contribution < -0.4 is 5.32 Å². The molecule has 1 aromatic carbocycles. The smallest absolute Gasteiger partial charge is 0.454 e. The number of rotatable bonds is 24. The van der Waals surface area contributed by atoms with Gasteiger partial charge in [0.1, 0.15) is 17.8 Å². The summed E-state index contributed by atoms with van der Waals surface area (Å²) in [6.45, 7) is 42.8. The summed E-state index contributed by atoms with van der Waals surface area (Å²) >= 11 is 0. The molecule has 2 unspecified atom stereocenters. The van der Waals surface area contributed by atoms with Crippen molar-refractivity contribution < 1.29 is 75.2 Å². The second-order valence-electron chi connectivity index (χ2n) is 27.5. The summed E-state index contributed by atoms with van der Waals surface area (Å²) in [5.41, 5.74) is -7.28. The Morgan fingerprint density at radius 3 is 1.80 bits per heavy atom. The number of esters is 3. The quantitative estimate of drug-likeness (QED) is 0.0442. The Morgan fingerprint density at radius 2 is 1.33 bits per heavy atom. The van der Waals surface area contributed by atoms with E-state index in [0.717, 1.165) is 18.1 Å². The highest BCUT2D eigenvalue weighted by molar-refractivity contribution is 6.78. The van der Waals surface area contributed by atoms with Crippen molar-refractivity contribution in [1.82, 2.24) is 5.32 Å². The lowest BCUT2D eigenvalue weighted by Crippen LogP contribution is -2.84. The number of nitrogens with one attached hydrogen (secondary N) is 1. The third-order valence-corrected chi connectivity index (χ3v) is 35.6. The van der Waals surface area contributed by atoms with Gasteiger partial charge in [0.25, 0.3) is 0 Å². The molecule has 0 radical (unpaired) electrons. The van der Waals surface area contributed by atoms with Crippen LogP contribution in [0.1, 0.15) is 176 Å². The van der Waals surface area contributed by atoms with Crippen LogP contribution in [-0.2, 0) is 60.8 Å². The second kappa shape index (κ2) is 25.4. The van der Waals surface area contributed by atoms with Crippen molar-refractivity contribution in [2.45, 2.75) is 284 Å². The first-order chi connectivity index (χ1) is 38.6. The molecule has 468 valence electrons. The maximum Gasteiger partial charge on any atom is 0.509 e. The number of ether oxygens (including phenoxy) is 7. The highest BCUT2D eigenvalue weighted by Crippen LogP contribution is 2.68. The molecule has 1 amide bonds. The van der Waals surface area contributed by atoms with Gasteiger partial charge in [-0.3, -0.25) is 9.59 Å². The van der Waals surface area contributed by atoms with Crippen LogP contribution in [0.25, 0.3) is 0 Å². The Balaban J connectivity index is 1.79. The molecular formula is C63H103NO16Si3. The predicted molar refractivity (Wildman–Crippen MR) is 324 cm³/mol.